The lowest BCUT2D eigenvalue weighted by Gasteiger charge is -2.51. The number of nitrogens with zero attached hydrogens (tertiary/aromatic N) is 2. The molecule has 7 nitrogen and oxygen atoms in total. The Morgan fingerprint density at radius 3 is 2.28 bits per heavy atom. The Labute approximate surface area is 147 Å². The minimum absolute atomic E-state index is 0.212. The maximum Gasteiger partial charge on any atom is 0.354 e. The normalized spacial score (nSPS) is 25.0. The maximum atomic E-state index is 12.7. The highest BCUT2D eigenvalue weighted by Crippen LogP contribution is 2.44. The molecular weight excluding hydrogens is 344 g/mol. The van der Waals surface area contributed by atoms with Gasteiger partial charge in [0.05, 0.1) is 18.2 Å². The average Bonchev–Trinajstić information content (AvgIpc) is 2.87. The van der Waals surface area contributed by atoms with Crippen LogP contribution < -0.4 is 0 Å². The molecular formula is C17H14N2O5S. The van der Waals surface area contributed by atoms with Crippen LogP contribution in [0.25, 0.3) is 0 Å². The molecule has 1 aromatic rings. The molecule has 2 atom stereocenters. The van der Waals surface area contributed by atoms with E-state index in [1.54, 1.807) is 31.2 Å². The Kier molecular flexibility index (Phi) is 3.47. The van der Waals surface area contributed by atoms with Gasteiger partial charge in [0, 0.05) is 5.75 Å². The van der Waals surface area contributed by atoms with Crippen molar-refractivity contribution >= 4 is 35.5 Å². The van der Waals surface area contributed by atoms with Gasteiger partial charge in [0.25, 0.3) is 17.7 Å². The molecule has 4 rings (SSSR count). The van der Waals surface area contributed by atoms with Crippen LogP contribution in [0.2, 0.25) is 0 Å². The van der Waals surface area contributed by atoms with Crippen molar-refractivity contribution in [1.82, 2.24) is 9.80 Å². The number of amides is 3. The molecule has 8 heteroatoms. The fourth-order valence-corrected chi connectivity index (χ4v) is 4.74. The Balaban J connectivity index is 1.68. The summed E-state index contributed by atoms with van der Waals surface area (Å²) in [5.74, 6) is -1.43. The number of ether oxygens (including phenoxy) is 1. The number of hydrogen-bond acceptors (Lipinski definition) is 6. The highest BCUT2D eigenvalue weighted by Gasteiger charge is 2.59. The first-order valence-electron chi connectivity index (χ1n) is 7.67. The predicted molar refractivity (Wildman–Crippen MR) is 88.5 cm³/mol. The zero-order valence-corrected chi connectivity index (χ0v) is 14.3. The number of hydrogen-bond donors (Lipinski definition) is 0. The number of carbonyl (C=O) groups is 4. The van der Waals surface area contributed by atoms with Gasteiger partial charge in [0.2, 0.25) is 0 Å². The second-order valence-corrected chi connectivity index (χ2v) is 7.11. The van der Waals surface area contributed by atoms with Crippen molar-refractivity contribution in [2.75, 3.05) is 12.9 Å². The molecule has 128 valence electrons. The van der Waals surface area contributed by atoms with Gasteiger partial charge in [-0.3, -0.25) is 24.2 Å². The van der Waals surface area contributed by atoms with E-state index in [1.807, 2.05) is 0 Å². The Hall–Kier alpha value is -2.61. The van der Waals surface area contributed by atoms with Crippen molar-refractivity contribution in [2.45, 2.75) is 18.3 Å². The number of benzene rings is 1. The average molecular weight is 358 g/mol. The molecule has 0 radical (unpaired) electrons. The fraction of sp³-hybridized carbons (Fsp3) is 0.294. The summed E-state index contributed by atoms with van der Waals surface area (Å²) in [6, 6.07) is 5.62. The summed E-state index contributed by atoms with van der Waals surface area (Å²) in [6.07, 6.45) is 0. The lowest BCUT2D eigenvalue weighted by molar-refractivity contribution is -0.152. The molecule has 1 unspecified atom stereocenters. The summed E-state index contributed by atoms with van der Waals surface area (Å²) in [5.41, 5.74) is 1.56. The van der Waals surface area contributed by atoms with Gasteiger partial charge >= 0.3 is 5.97 Å². The molecule has 3 amide bonds. The summed E-state index contributed by atoms with van der Waals surface area (Å²) in [7, 11) is 1.26. The van der Waals surface area contributed by atoms with Gasteiger partial charge in [-0.05, 0) is 24.6 Å². The van der Waals surface area contributed by atoms with Gasteiger partial charge in [0.15, 0.2) is 0 Å². The van der Waals surface area contributed by atoms with Crippen molar-refractivity contribution in [1.29, 1.82) is 0 Å². The molecule has 3 aliphatic rings. The number of rotatable bonds is 2. The highest BCUT2D eigenvalue weighted by molar-refractivity contribution is 8.00. The third-order valence-corrected chi connectivity index (χ3v) is 6.02. The molecule has 1 fully saturated rings. The first-order chi connectivity index (χ1) is 12.0. The van der Waals surface area contributed by atoms with Crippen LogP contribution in [0.3, 0.4) is 0 Å². The lowest BCUT2D eigenvalue weighted by Crippen LogP contribution is -2.71. The van der Waals surface area contributed by atoms with Crippen molar-refractivity contribution < 1.29 is 23.9 Å². The van der Waals surface area contributed by atoms with Crippen LogP contribution in [0.15, 0.2) is 35.5 Å². The zero-order valence-electron chi connectivity index (χ0n) is 13.5. The Bertz CT molecular complexity index is 843. The van der Waals surface area contributed by atoms with Crippen molar-refractivity contribution in [3.8, 4) is 0 Å². The van der Waals surface area contributed by atoms with Crippen LogP contribution in [-0.2, 0) is 14.3 Å². The maximum absolute atomic E-state index is 12.7. The van der Waals surface area contributed by atoms with Crippen LogP contribution in [-0.4, -0.2) is 57.8 Å². The molecule has 3 heterocycles. The van der Waals surface area contributed by atoms with E-state index in [1.165, 1.54) is 23.8 Å². The predicted octanol–water partition coefficient (Wildman–Crippen LogP) is 1.01. The van der Waals surface area contributed by atoms with Crippen LogP contribution in [0, 0.1) is 0 Å². The molecule has 0 aliphatic carbocycles. The van der Waals surface area contributed by atoms with Crippen LogP contribution in [0.4, 0.5) is 0 Å². The lowest BCUT2D eigenvalue weighted by atomic mass is 10.0. The molecule has 3 aliphatic heterocycles. The van der Waals surface area contributed by atoms with Crippen molar-refractivity contribution in [3.05, 3.63) is 46.7 Å². The minimum Gasteiger partial charge on any atom is -0.464 e. The molecule has 25 heavy (non-hydrogen) atoms. The molecule has 0 bridgehead atoms. The third-order valence-electron chi connectivity index (χ3n) is 4.61. The van der Waals surface area contributed by atoms with E-state index in [-0.39, 0.29) is 5.70 Å². The second-order valence-electron chi connectivity index (χ2n) is 6.00. The van der Waals surface area contributed by atoms with Crippen LogP contribution >= 0.6 is 11.8 Å². The number of β-lactam (4-membered cyclic amide) rings is 1. The molecule has 1 aromatic carbocycles. The number of methoxy groups -OCH3 is 1. The quantitative estimate of drug-likeness (QED) is 0.446. The molecule has 0 aromatic heterocycles. The number of esters is 1. The highest BCUT2D eigenvalue weighted by atomic mass is 32.2. The molecule has 1 saturated heterocycles. The second kappa shape index (κ2) is 5.45. The Morgan fingerprint density at radius 2 is 1.72 bits per heavy atom. The van der Waals surface area contributed by atoms with Gasteiger partial charge in [-0.2, -0.15) is 0 Å². The number of carbonyl (C=O) groups excluding carboxylic acids is 4. The largest absolute Gasteiger partial charge is 0.464 e. The standard InChI is InChI=1S/C17H14N2O5S/c1-8-7-25-16-12(15(22)19(16)11(8)17(23)24-2)18-13(20)9-5-3-4-6-10(9)14(18)21/h3-6,12,16H,7H2,1-2H3/t12?,16-/m0/s1. The van der Waals surface area contributed by atoms with Gasteiger partial charge in [-0.1, -0.05) is 12.1 Å². The first kappa shape index (κ1) is 15.9. The first-order valence-corrected chi connectivity index (χ1v) is 8.72. The monoisotopic (exact) mass is 358 g/mol. The van der Waals surface area contributed by atoms with E-state index in [0.29, 0.717) is 16.9 Å². The van der Waals surface area contributed by atoms with Crippen LogP contribution in [0.1, 0.15) is 27.6 Å². The van der Waals surface area contributed by atoms with Gasteiger partial charge in [0.1, 0.15) is 17.1 Å². The van der Waals surface area contributed by atoms with E-state index in [0.717, 1.165) is 10.5 Å². The Morgan fingerprint density at radius 1 is 1.12 bits per heavy atom. The van der Waals surface area contributed by atoms with Crippen LogP contribution in [0.5, 0.6) is 0 Å². The number of imide groups is 1. The van der Waals surface area contributed by atoms with Gasteiger partial charge in [-0.25, -0.2) is 4.79 Å². The number of fused-ring (bicyclic) bond motifs is 2. The summed E-state index contributed by atoms with van der Waals surface area (Å²) in [4.78, 5) is 52.3. The van der Waals surface area contributed by atoms with Gasteiger partial charge < -0.3 is 4.74 Å². The summed E-state index contributed by atoms with van der Waals surface area (Å²) in [6.45, 7) is 1.76. The minimum atomic E-state index is -0.898. The molecule has 0 spiro atoms. The topological polar surface area (TPSA) is 84.0 Å². The summed E-state index contributed by atoms with van der Waals surface area (Å²) >= 11 is 1.43. The molecule has 0 saturated carbocycles. The summed E-state index contributed by atoms with van der Waals surface area (Å²) in [5, 5.41) is -0.465. The van der Waals surface area contributed by atoms with Gasteiger partial charge in [-0.15, -0.1) is 11.8 Å². The van der Waals surface area contributed by atoms with E-state index < -0.39 is 35.1 Å². The SMILES string of the molecule is COC(=O)C1=C(C)CS[C@H]2C(N3C(=O)c4ccccc4C3=O)C(=O)N12. The van der Waals surface area contributed by atoms with E-state index in [4.69, 9.17) is 4.74 Å². The number of thioether (sulfide) groups is 1. The van der Waals surface area contributed by atoms with E-state index in [2.05, 4.69) is 0 Å². The van der Waals surface area contributed by atoms with E-state index in [9.17, 15) is 19.2 Å². The zero-order chi connectivity index (χ0) is 17.9. The van der Waals surface area contributed by atoms with Crippen molar-refractivity contribution in [3.63, 3.8) is 0 Å². The summed E-state index contributed by atoms with van der Waals surface area (Å²) < 4.78 is 4.77. The third kappa shape index (κ3) is 2.00. The van der Waals surface area contributed by atoms with Crippen molar-refractivity contribution in [2.24, 2.45) is 0 Å². The van der Waals surface area contributed by atoms with E-state index >= 15 is 0 Å². The molecule has 0 N–H and O–H groups in total. The smallest absolute Gasteiger partial charge is 0.354 e. The fourth-order valence-electron chi connectivity index (χ4n) is 3.40.